The number of carbonyl (C=O) groups is 1. The summed E-state index contributed by atoms with van der Waals surface area (Å²) in [5, 5.41) is 6.39. The zero-order chi connectivity index (χ0) is 14.8. The van der Waals surface area contributed by atoms with Crippen LogP contribution in [0.3, 0.4) is 0 Å². The van der Waals surface area contributed by atoms with E-state index in [9.17, 15) is 4.79 Å². The largest absolute Gasteiger partial charge is 0.479 e. The van der Waals surface area contributed by atoms with Gasteiger partial charge in [0, 0.05) is 12.2 Å². The van der Waals surface area contributed by atoms with Crippen LogP contribution < -0.4 is 15.4 Å². The molecule has 0 aromatic heterocycles. The molecular weight excluding hydrogens is 264 g/mol. The average molecular weight is 288 g/mol. The monoisotopic (exact) mass is 288 g/mol. The predicted octanol–water partition coefficient (Wildman–Crippen LogP) is 3.64. The summed E-state index contributed by atoms with van der Waals surface area (Å²) in [6, 6.07) is 5.91. The first-order valence-electron chi connectivity index (χ1n) is 7.97. The Labute approximate surface area is 126 Å². The Kier molecular flexibility index (Phi) is 4.04. The van der Waals surface area contributed by atoms with Crippen LogP contribution in [-0.4, -0.2) is 18.6 Å². The quantitative estimate of drug-likeness (QED) is 0.892. The normalized spacial score (nSPS) is 28.3. The van der Waals surface area contributed by atoms with Crippen molar-refractivity contribution in [3.63, 3.8) is 0 Å². The third kappa shape index (κ3) is 3.31. The van der Waals surface area contributed by atoms with Gasteiger partial charge < -0.3 is 15.4 Å². The zero-order valence-electron chi connectivity index (χ0n) is 12.8. The molecule has 0 spiro atoms. The van der Waals surface area contributed by atoms with Gasteiger partial charge in [-0.3, -0.25) is 4.79 Å². The molecule has 1 aliphatic heterocycles. The van der Waals surface area contributed by atoms with Crippen LogP contribution in [-0.2, 0) is 4.79 Å². The van der Waals surface area contributed by atoms with Gasteiger partial charge in [-0.05, 0) is 49.8 Å². The number of ether oxygens (including phenoxy) is 1. The summed E-state index contributed by atoms with van der Waals surface area (Å²) in [5.41, 5.74) is 1.81. The Hall–Kier alpha value is -1.71. The third-order valence-electron chi connectivity index (χ3n) is 4.64. The molecule has 0 radical (unpaired) electrons. The van der Waals surface area contributed by atoms with E-state index in [0.29, 0.717) is 0 Å². The number of hydrogen-bond donors (Lipinski definition) is 2. The second-order valence-corrected chi connectivity index (χ2v) is 6.47. The Morgan fingerprint density at radius 2 is 2.00 bits per heavy atom. The first kappa shape index (κ1) is 14.2. The average Bonchev–Trinajstić information content (AvgIpc) is 2.48. The number of fused-ring (bicyclic) bond motifs is 1. The Bertz CT molecular complexity index is 522. The molecule has 4 heteroatoms. The Balaban J connectivity index is 1.59. The summed E-state index contributed by atoms with van der Waals surface area (Å²) >= 11 is 0. The lowest BCUT2D eigenvalue weighted by Gasteiger charge is -2.27. The molecule has 1 fully saturated rings. The number of carbonyl (C=O) groups excluding carboxylic acids is 1. The molecule has 0 bridgehead atoms. The standard InChI is InChI=1S/C17H24N2O2/c1-11-3-5-13(6-4-11)10-18-14-7-8-16-15(9-14)19-17(20)12(2)21-16/h7-9,11-13,18H,3-6,10H2,1-2H3,(H,19,20). The molecule has 1 heterocycles. The minimum absolute atomic E-state index is 0.0825. The van der Waals surface area contributed by atoms with Gasteiger partial charge in [-0.25, -0.2) is 0 Å². The van der Waals surface area contributed by atoms with Crippen molar-refractivity contribution in [1.82, 2.24) is 0 Å². The van der Waals surface area contributed by atoms with Crippen molar-refractivity contribution >= 4 is 17.3 Å². The zero-order valence-corrected chi connectivity index (χ0v) is 12.8. The molecule has 1 unspecified atom stereocenters. The fraction of sp³-hybridized carbons (Fsp3) is 0.588. The van der Waals surface area contributed by atoms with Gasteiger partial charge in [0.15, 0.2) is 6.10 Å². The van der Waals surface area contributed by atoms with Crippen LogP contribution >= 0.6 is 0 Å². The van der Waals surface area contributed by atoms with Crippen molar-refractivity contribution in [3.05, 3.63) is 18.2 Å². The first-order chi connectivity index (χ1) is 10.1. The molecule has 114 valence electrons. The molecule has 1 amide bonds. The van der Waals surface area contributed by atoms with Gasteiger partial charge in [-0.2, -0.15) is 0 Å². The first-order valence-corrected chi connectivity index (χ1v) is 7.97. The van der Waals surface area contributed by atoms with Gasteiger partial charge in [0.2, 0.25) is 0 Å². The predicted molar refractivity (Wildman–Crippen MR) is 84.8 cm³/mol. The number of anilines is 2. The third-order valence-corrected chi connectivity index (χ3v) is 4.64. The minimum atomic E-state index is -0.416. The van der Waals surface area contributed by atoms with Crippen LogP contribution in [0.15, 0.2) is 18.2 Å². The molecule has 21 heavy (non-hydrogen) atoms. The van der Waals surface area contributed by atoms with E-state index in [2.05, 4.69) is 17.6 Å². The van der Waals surface area contributed by atoms with Crippen LogP contribution in [0.4, 0.5) is 11.4 Å². The van der Waals surface area contributed by atoms with Crippen molar-refractivity contribution in [2.45, 2.75) is 45.6 Å². The van der Waals surface area contributed by atoms with E-state index in [-0.39, 0.29) is 5.91 Å². The van der Waals surface area contributed by atoms with Crippen molar-refractivity contribution < 1.29 is 9.53 Å². The van der Waals surface area contributed by atoms with Gasteiger partial charge in [0.25, 0.3) is 5.91 Å². The van der Waals surface area contributed by atoms with Gasteiger partial charge in [-0.1, -0.05) is 19.8 Å². The molecule has 1 aromatic rings. The van der Waals surface area contributed by atoms with Crippen molar-refractivity contribution in [2.24, 2.45) is 11.8 Å². The maximum Gasteiger partial charge on any atom is 0.265 e. The van der Waals surface area contributed by atoms with Crippen molar-refractivity contribution in [3.8, 4) is 5.75 Å². The van der Waals surface area contributed by atoms with Crippen LogP contribution in [0.2, 0.25) is 0 Å². The Morgan fingerprint density at radius 3 is 2.76 bits per heavy atom. The lowest BCUT2D eigenvalue weighted by atomic mass is 9.83. The number of hydrogen-bond acceptors (Lipinski definition) is 3. The molecule has 2 N–H and O–H groups in total. The molecule has 1 aromatic carbocycles. The number of rotatable bonds is 3. The summed E-state index contributed by atoms with van der Waals surface area (Å²) in [7, 11) is 0. The van der Waals surface area contributed by atoms with Crippen LogP contribution in [0.1, 0.15) is 39.5 Å². The molecule has 1 atom stereocenters. The minimum Gasteiger partial charge on any atom is -0.479 e. The van der Waals surface area contributed by atoms with Gasteiger partial charge in [-0.15, -0.1) is 0 Å². The highest BCUT2D eigenvalue weighted by Crippen LogP contribution is 2.33. The smallest absolute Gasteiger partial charge is 0.265 e. The summed E-state index contributed by atoms with van der Waals surface area (Å²) in [6.07, 6.45) is 4.91. The van der Waals surface area contributed by atoms with Crippen LogP contribution in [0.5, 0.6) is 5.75 Å². The van der Waals surface area contributed by atoms with E-state index in [1.54, 1.807) is 6.92 Å². The summed E-state index contributed by atoms with van der Waals surface area (Å²) in [6.45, 7) is 5.11. The molecule has 3 rings (SSSR count). The lowest BCUT2D eigenvalue weighted by Crippen LogP contribution is -2.34. The molecule has 4 nitrogen and oxygen atoms in total. The number of amides is 1. The highest BCUT2D eigenvalue weighted by Gasteiger charge is 2.23. The van der Waals surface area contributed by atoms with Gasteiger partial charge >= 0.3 is 0 Å². The van der Waals surface area contributed by atoms with Crippen molar-refractivity contribution in [1.29, 1.82) is 0 Å². The fourth-order valence-corrected chi connectivity index (χ4v) is 3.11. The highest BCUT2D eigenvalue weighted by atomic mass is 16.5. The molecular formula is C17H24N2O2. The van der Waals surface area contributed by atoms with E-state index in [0.717, 1.165) is 35.5 Å². The van der Waals surface area contributed by atoms with E-state index in [1.807, 2.05) is 18.2 Å². The summed E-state index contributed by atoms with van der Waals surface area (Å²) < 4.78 is 5.57. The fourth-order valence-electron chi connectivity index (χ4n) is 3.11. The van der Waals surface area contributed by atoms with E-state index in [4.69, 9.17) is 4.74 Å². The summed E-state index contributed by atoms with van der Waals surface area (Å²) in [4.78, 5) is 11.6. The maximum atomic E-state index is 11.6. The van der Waals surface area contributed by atoms with Crippen LogP contribution in [0.25, 0.3) is 0 Å². The topological polar surface area (TPSA) is 50.4 Å². The van der Waals surface area contributed by atoms with Gasteiger partial charge in [0.1, 0.15) is 5.75 Å². The van der Waals surface area contributed by atoms with E-state index in [1.165, 1.54) is 25.7 Å². The second kappa shape index (κ2) is 5.96. The second-order valence-electron chi connectivity index (χ2n) is 6.47. The molecule has 2 aliphatic rings. The lowest BCUT2D eigenvalue weighted by molar-refractivity contribution is -0.122. The Morgan fingerprint density at radius 1 is 1.24 bits per heavy atom. The summed E-state index contributed by atoms with van der Waals surface area (Å²) in [5.74, 6) is 2.32. The molecule has 0 saturated heterocycles. The highest BCUT2D eigenvalue weighted by molar-refractivity contribution is 5.98. The molecule has 1 aliphatic carbocycles. The number of benzene rings is 1. The van der Waals surface area contributed by atoms with E-state index < -0.39 is 6.10 Å². The van der Waals surface area contributed by atoms with Crippen LogP contribution in [0, 0.1) is 11.8 Å². The number of nitrogens with one attached hydrogen (secondary N) is 2. The van der Waals surface area contributed by atoms with E-state index >= 15 is 0 Å². The van der Waals surface area contributed by atoms with Gasteiger partial charge in [0.05, 0.1) is 5.69 Å². The maximum absolute atomic E-state index is 11.6. The molecule has 1 saturated carbocycles. The SMILES string of the molecule is CC1CCC(CNc2ccc3c(c2)NC(=O)C(C)O3)CC1. The van der Waals surface area contributed by atoms with Crippen molar-refractivity contribution in [2.75, 3.05) is 17.2 Å².